The molecular weight excluding hydrogens is 322 g/mol. The Balaban J connectivity index is 2.25. The van der Waals surface area contributed by atoms with Gasteiger partial charge in [0.1, 0.15) is 0 Å². The highest BCUT2D eigenvalue weighted by Gasteiger charge is 2.37. The van der Waals surface area contributed by atoms with Gasteiger partial charge >= 0.3 is 0 Å². The van der Waals surface area contributed by atoms with Gasteiger partial charge in [-0.3, -0.25) is 0 Å². The van der Waals surface area contributed by atoms with E-state index in [1.54, 1.807) is 12.1 Å². The normalized spacial score (nSPS) is 21.2. The number of hydrogen-bond donors (Lipinski definition) is 0. The van der Waals surface area contributed by atoms with Gasteiger partial charge in [0.25, 0.3) is 0 Å². The van der Waals surface area contributed by atoms with Crippen LogP contribution >= 0.6 is 0 Å². The molecule has 0 aromatic heterocycles. The van der Waals surface area contributed by atoms with E-state index in [0.717, 1.165) is 11.8 Å². The van der Waals surface area contributed by atoms with E-state index in [1.807, 2.05) is 12.1 Å². The highest BCUT2D eigenvalue weighted by molar-refractivity contribution is 7.91. The molecule has 2 rings (SSSR count). The van der Waals surface area contributed by atoms with Crippen LogP contribution in [0.4, 0.5) is 0 Å². The van der Waals surface area contributed by atoms with Gasteiger partial charge in [-0.1, -0.05) is 32.9 Å². The zero-order chi connectivity index (χ0) is 16.8. The highest BCUT2D eigenvalue weighted by atomic mass is 32.2. The maximum absolute atomic E-state index is 12.6. The molecule has 5 nitrogen and oxygen atoms in total. The zero-order valence-corrected chi connectivity index (χ0v) is 15.0. The van der Waals surface area contributed by atoms with Crippen molar-refractivity contribution in [3.05, 3.63) is 29.8 Å². The first-order valence-electron chi connectivity index (χ1n) is 7.22. The monoisotopic (exact) mass is 345 g/mol. The molecule has 1 aromatic carbocycles. The van der Waals surface area contributed by atoms with E-state index in [0.29, 0.717) is 6.42 Å². The van der Waals surface area contributed by atoms with E-state index in [4.69, 9.17) is 0 Å². The fourth-order valence-electron chi connectivity index (χ4n) is 2.54. The van der Waals surface area contributed by atoms with Crippen LogP contribution in [0.15, 0.2) is 29.2 Å². The summed E-state index contributed by atoms with van der Waals surface area (Å²) in [6, 6.07) is 6.83. The van der Waals surface area contributed by atoms with E-state index < -0.39 is 25.1 Å². The number of sulfone groups is 1. The van der Waals surface area contributed by atoms with Crippen LogP contribution in [0.3, 0.4) is 0 Å². The third-order valence-electron chi connectivity index (χ3n) is 4.07. The Labute approximate surface area is 133 Å². The lowest BCUT2D eigenvalue weighted by Gasteiger charge is -2.20. The molecule has 124 valence electrons. The number of hydrogen-bond acceptors (Lipinski definition) is 4. The summed E-state index contributed by atoms with van der Waals surface area (Å²) in [6.07, 6.45) is 1.52. The molecule has 0 radical (unpaired) electrons. The molecule has 1 saturated heterocycles. The third-order valence-corrected chi connectivity index (χ3v) is 7.55. The largest absolute Gasteiger partial charge is 0.243 e. The summed E-state index contributed by atoms with van der Waals surface area (Å²) in [5, 5.41) is -0.601. The molecule has 0 spiro atoms. The first kappa shape index (κ1) is 17.4. The smallest absolute Gasteiger partial charge is 0.229 e. The second kappa shape index (κ2) is 5.62. The second-order valence-corrected chi connectivity index (χ2v) is 11.1. The summed E-state index contributed by atoms with van der Waals surface area (Å²) in [5.74, 6) is 0. The minimum absolute atomic E-state index is 0.0438. The fourth-order valence-corrected chi connectivity index (χ4v) is 5.12. The summed E-state index contributed by atoms with van der Waals surface area (Å²) in [7, 11) is -6.84. The van der Waals surface area contributed by atoms with Crippen molar-refractivity contribution >= 4 is 19.9 Å². The van der Waals surface area contributed by atoms with Gasteiger partial charge in [0.15, 0.2) is 9.84 Å². The SMILES string of the molecule is CC(C)(C)c1ccc(S(=O)(=O)N2CCC(S(C)(=O)=O)C2)cc1. The molecule has 1 heterocycles. The van der Waals surface area contributed by atoms with Crippen molar-refractivity contribution in [2.24, 2.45) is 0 Å². The molecule has 1 fully saturated rings. The van der Waals surface area contributed by atoms with Crippen LogP contribution in [0, 0.1) is 0 Å². The average Bonchev–Trinajstić information content (AvgIpc) is 2.88. The Hall–Kier alpha value is -0.920. The Morgan fingerprint density at radius 2 is 1.59 bits per heavy atom. The predicted molar refractivity (Wildman–Crippen MR) is 87.1 cm³/mol. The van der Waals surface area contributed by atoms with Gasteiger partial charge in [-0.25, -0.2) is 16.8 Å². The van der Waals surface area contributed by atoms with Gasteiger partial charge in [0.05, 0.1) is 10.1 Å². The van der Waals surface area contributed by atoms with Crippen molar-refractivity contribution in [2.45, 2.75) is 42.8 Å². The maximum atomic E-state index is 12.6. The van der Waals surface area contributed by atoms with Gasteiger partial charge < -0.3 is 0 Å². The average molecular weight is 345 g/mol. The van der Waals surface area contributed by atoms with Crippen LogP contribution in [0.2, 0.25) is 0 Å². The topological polar surface area (TPSA) is 71.5 Å². The summed E-state index contributed by atoms with van der Waals surface area (Å²) in [6.45, 7) is 6.48. The lowest BCUT2D eigenvalue weighted by atomic mass is 9.87. The maximum Gasteiger partial charge on any atom is 0.243 e. The Kier molecular flexibility index (Phi) is 4.45. The molecule has 1 unspecified atom stereocenters. The molecule has 0 N–H and O–H groups in total. The number of sulfonamides is 1. The van der Waals surface area contributed by atoms with Crippen molar-refractivity contribution < 1.29 is 16.8 Å². The van der Waals surface area contributed by atoms with Gasteiger partial charge in [-0.15, -0.1) is 0 Å². The Bertz CT molecular complexity index is 744. The molecule has 1 aromatic rings. The van der Waals surface area contributed by atoms with E-state index in [1.165, 1.54) is 4.31 Å². The number of nitrogens with zero attached hydrogens (tertiary/aromatic N) is 1. The molecule has 1 aliphatic heterocycles. The lowest BCUT2D eigenvalue weighted by Crippen LogP contribution is -2.31. The molecule has 0 amide bonds. The summed E-state index contributed by atoms with van der Waals surface area (Å²) >= 11 is 0. The fraction of sp³-hybridized carbons (Fsp3) is 0.600. The molecule has 22 heavy (non-hydrogen) atoms. The van der Waals surface area contributed by atoms with Crippen molar-refractivity contribution in [1.29, 1.82) is 0 Å². The minimum atomic E-state index is -3.63. The Morgan fingerprint density at radius 1 is 1.05 bits per heavy atom. The molecule has 1 atom stereocenters. The zero-order valence-electron chi connectivity index (χ0n) is 13.4. The van der Waals surface area contributed by atoms with Gasteiger partial charge in [0, 0.05) is 19.3 Å². The van der Waals surface area contributed by atoms with Gasteiger partial charge in [0.2, 0.25) is 10.0 Å². The van der Waals surface area contributed by atoms with E-state index in [2.05, 4.69) is 20.8 Å². The number of rotatable bonds is 3. The summed E-state index contributed by atoms with van der Waals surface area (Å²) < 4.78 is 49.6. The third kappa shape index (κ3) is 3.52. The van der Waals surface area contributed by atoms with E-state index in [9.17, 15) is 16.8 Å². The Morgan fingerprint density at radius 3 is 2.00 bits per heavy atom. The van der Waals surface area contributed by atoms with Crippen molar-refractivity contribution in [2.75, 3.05) is 19.3 Å². The van der Waals surface area contributed by atoms with Gasteiger partial charge in [-0.05, 0) is 29.5 Å². The molecule has 0 aliphatic carbocycles. The van der Waals surface area contributed by atoms with Crippen LogP contribution in [0.25, 0.3) is 0 Å². The van der Waals surface area contributed by atoms with Crippen molar-refractivity contribution in [1.82, 2.24) is 4.31 Å². The van der Waals surface area contributed by atoms with Crippen LogP contribution in [0.5, 0.6) is 0 Å². The van der Waals surface area contributed by atoms with Crippen molar-refractivity contribution in [3.63, 3.8) is 0 Å². The van der Waals surface area contributed by atoms with Crippen molar-refractivity contribution in [3.8, 4) is 0 Å². The van der Waals surface area contributed by atoms with Crippen LogP contribution < -0.4 is 0 Å². The molecule has 0 bridgehead atoms. The van der Waals surface area contributed by atoms with Gasteiger partial charge in [-0.2, -0.15) is 4.31 Å². The quantitative estimate of drug-likeness (QED) is 0.837. The molecule has 1 aliphatic rings. The second-order valence-electron chi connectivity index (χ2n) is 6.88. The molecule has 7 heteroatoms. The lowest BCUT2D eigenvalue weighted by molar-refractivity contribution is 0.476. The van der Waals surface area contributed by atoms with Crippen LogP contribution in [-0.4, -0.2) is 45.7 Å². The predicted octanol–water partition coefficient (Wildman–Crippen LogP) is 1.79. The standard InChI is InChI=1S/C15H23NO4S2/c1-15(2,3)12-5-7-13(8-6-12)22(19,20)16-10-9-14(11-16)21(4,17)18/h5-8,14H,9-11H2,1-4H3. The van der Waals surface area contributed by atoms with Crippen LogP contribution in [-0.2, 0) is 25.3 Å². The van der Waals surface area contributed by atoms with Crippen LogP contribution in [0.1, 0.15) is 32.8 Å². The van der Waals surface area contributed by atoms with E-state index >= 15 is 0 Å². The first-order chi connectivity index (χ1) is 9.92. The number of benzene rings is 1. The first-order valence-corrected chi connectivity index (χ1v) is 10.6. The molecular formula is C15H23NO4S2. The minimum Gasteiger partial charge on any atom is -0.229 e. The molecule has 0 saturated carbocycles. The summed E-state index contributed by atoms with van der Waals surface area (Å²) in [5.41, 5.74) is 1.01. The summed E-state index contributed by atoms with van der Waals surface area (Å²) in [4.78, 5) is 0.217. The highest BCUT2D eigenvalue weighted by Crippen LogP contribution is 2.27. The van der Waals surface area contributed by atoms with E-state index in [-0.39, 0.29) is 23.4 Å².